The minimum atomic E-state index is -1.17. The highest BCUT2D eigenvalue weighted by molar-refractivity contribution is 6.24. The van der Waals surface area contributed by atoms with Gasteiger partial charge in [0.15, 0.2) is 11.6 Å². The molecule has 2 N–H and O–H groups in total. The van der Waals surface area contributed by atoms with Crippen LogP contribution in [0.5, 0.6) is 0 Å². The first kappa shape index (κ1) is 17.3. The highest BCUT2D eigenvalue weighted by Gasteiger charge is 2.30. The fourth-order valence-corrected chi connectivity index (χ4v) is 2.35. The van der Waals surface area contributed by atoms with Gasteiger partial charge in [0.2, 0.25) is 0 Å². The van der Waals surface area contributed by atoms with Gasteiger partial charge in [0.1, 0.15) is 0 Å². The molecule has 0 saturated carbocycles. The minimum Gasteiger partial charge on any atom is -0.481 e. The number of carboxylic acids is 1. The third-order valence-electron chi connectivity index (χ3n) is 4.10. The highest BCUT2D eigenvalue weighted by atomic mass is 16.4. The topological polar surface area (TPSA) is 91.7 Å². The van der Waals surface area contributed by atoms with Gasteiger partial charge in [-0.05, 0) is 47.0 Å². The molecular weight excluding hydrogens is 272 g/mol. The first-order valence-electron chi connectivity index (χ1n) is 6.97. The number of allylic oxidation sites excluding steroid dienone is 4. The molecule has 0 fully saturated rings. The molecule has 0 aliphatic heterocycles. The maximum atomic E-state index is 12.2. The van der Waals surface area contributed by atoms with Crippen molar-refractivity contribution in [1.29, 1.82) is 0 Å². The van der Waals surface area contributed by atoms with Crippen LogP contribution >= 0.6 is 0 Å². The van der Waals surface area contributed by atoms with Crippen molar-refractivity contribution in [3.05, 3.63) is 22.3 Å². The summed E-state index contributed by atoms with van der Waals surface area (Å²) in [5.74, 6) is -1.25. The van der Waals surface area contributed by atoms with Gasteiger partial charge in [-0.3, -0.25) is 14.4 Å². The fourth-order valence-electron chi connectivity index (χ4n) is 2.35. The summed E-state index contributed by atoms with van der Waals surface area (Å²) >= 11 is 0. The number of ketones is 2. The van der Waals surface area contributed by atoms with Gasteiger partial charge in [-0.25, -0.2) is 0 Å². The van der Waals surface area contributed by atoms with Crippen molar-refractivity contribution >= 4 is 17.5 Å². The predicted molar refractivity (Wildman–Crippen MR) is 77.8 cm³/mol. The van der Waals surface area contributed by atoms with Gasteiger partial charge in [-0.15, -0.1) is 0 Å². The quantitative estimate of drug-likeness (QED) is 0.733. The molecule has 1 rings (SSSR count). The summed E-state index contributed by atoms with van der Waals surface area (Å²) in [4.78, 5) is 34.8. The van der Waals surface area contributed by atoms with Crippen LogP contribution in [0.25, 0.3) is 0 Å². The zero-order chi connectivity index (χ0) is 16.4. The maximum absolute atomic E-state index is 12.2. The molecule has 0 radical (unpaired) electrons. The Kier molecular flexibility index (Phi) is 5.23. The van der Waals surface area contributed by atoms with Gasteiger partial charge >= 0.3 is 5.97 Å². The first-order chi connectivity index (χ1) is 9.57. The second-order valence-electron chi connectivity index (χ2n) is 5.90. The van der Waals surface area contributed by atoms with Crippen LogP contribution in [-0.4, -0.2) is 33.3 Å². The third-order valence-corrected chi connectivity index (χ3v) is 4.10. The lowest BCUT2D eigenvalue weighted by molar-refractivity contribution is -0.138. The molecule has 0 bridgehead atoms. The molecule has 5 nitrogen and oxygen atoms in total. The molecule has 0 aromatic carbocycles. The second kappa shape index (κ2) is 6.35. The van der Waals surface area contributed by atoms with E-state index in [1.54, 1.807) is 27.7 Å². The highest BCUT2D eigenvalue weighted by Crippen LogP contribution is 2.29. The monoisotopic (exact) mass is 294 g/mol. The number of aliphatic hydroxyl groups is 1. The zero-order valence-corrected chi connectivity index (χ0v) is 12.9. The lowest BCUT2D eigenvalue weighted by Crippen LogP contribution is -2.27. The average molecular weight is 294 g/mol. The van der Waals surface area contributed by atoms with Gasteiger partial charge in [0.05, 0.1) is 5.60 Å². The minimum absolute atomic E-state index is 0.116. The van der Waals surface area contributed by atoms with E-state index in [0.29, 0.717) is 22.3 Å². The molecular formula is C16H22O5. The third kappa shape index (κ3) is 4.11. The number of rotatable bonds is 6. The number of carboxylic acid groups (broad SMARTS) is 1. The zero-order valence-electron chi connectivity index (χ0n) is 12.9. The molecule has 0 aromatic rings. The Morgan fingerprint density at radius 2 is 1.52 bits per heavy atom. The molecule has 116 valence electrons. The largest absolute Gasteiger partial charge is 0.481 e. The Labute approximate surface area is 124 Å². The number of aliphatic carboxylic acids is 1. The number of hydrogen-bond acceptors (Lipinski definition) is 4. The van der Waals surface area contributed by atoms with Crippen LogP contribution in [0.1, 0.15) is 53.4 Å². The summed E-state index contributed by atoms with van der Waals surface area (Å²) in [6, 6.07) is 0. The summed E-state index contributed by atoms with van der Waals surface area (Å²) in [6.07, 6.45) is 0.506. The maximum Gasteiger partial charge on any atom is 0.303 e. The second-order valence-corrected chi connectivity index (χ2v) is 5.90. The van der Waals surface area contributed by atoms with Crippen LogP contribution in [0.15, 0.2) is 22.3 Å². The van der Waals surface area contributed by atoms with E-state index < -0.39 is 11.6 Å². The van der Waals surface area contributed by atoms with E-state index in [1.807, 2.05) is 0 Å². The Bertz CT molecular complexity index is 549. The Hall–Kier alpha value is -1.75. The molecule has 21 heavy (non-hydrogen) atoms. The number of Topliss-reactive ketones (excluding diaryl/α,β-unsaturated/α-hetero) is 2. The van der Waals surface area contributed by atoms with Crippen LogP contribution in [0.2, 0.25) is 0 Å². The van der Waals surface area contributed by atoms with Crippen LogP contribution in [-0.2, 0) is 14.4 Å². The average Bonchev–Trinajstić information content (AvgIpc) is 2.41. The number of carbonyl (C=O) groups excluding carboxylic acids is 2. The summed E-state index contributed by atoms with van der Waals surface area (Å²) in [6.45, 7) is 6.44. The predicted octanol–water partition coefficient (Wildman–Crippen LogP) is 2.19. The van der Waals surface area contributed by atoms with Gasteiger partial charge in [-0.1, -0.05) is 0 Å². The van der Waals surface area contributed by atoms with Crippen molar-refractivity contribution < 1.29 is 24.6 Å². The Morgan fingerprint density at radius 3 is 2.05 bits per heavy atom. The van der Waals surface area contributed by atoms with E-state index in [0.717, 1.165) is 0 Å². The van der Waals surface area contributed by atoms with E-state index in [2.05, 4.69) is 0 Å². The first-order valence-corrected chi connectivity index (χ1v) is 6.97. The van der Waals surface area contributed by atoms with Crippen LogP contribution in [0, 0.1) is 0 Å². The van der Waals surface area contributed by atoms with E-state index >= 15 is 0 Å². The van der Waals surface area contributed by atoms with Crippen LogP contribution < -0.4 is 0 Å². The van der Waals surface area contributed by atoms with Gasteiger partial charge in [0.25, 0.3) is 0 Å². The normalized spacial score (nSPS) is 19.1. The van der Waals surface area contributed by atoms with Crippen molar-refractivity contribution in [3.8, 4) is 0 Å². The number of hydrogen-bond donors (Lipinski definition) is 2. The molecule has 0 amide bonds. The molecule has 0 saturated heterocycles. The molecule has 5 heteroatoms. The van der Waals surface area contributed by atoms with Gasteiger partial charge in [-0.2, -0.15) is 0 Å². The van der Waals surface area contributed by atoms with Crippen molar-refractivity contribution in [2.75, 3.05) is 0 Å². The summed E-state index contributed by atoms with van der Waals surface area (Å²) in [7, 11) is 0. The molecule has 0 aromatic heterocycles. The van der Waals surface area contributed by atoms with E-state index in [-0.39, 0.29) is 37.2 Å². The van der Waals surface area contributed by atoms with Crippen LogP contribution in [0.4, 0.5) is 0 Å². The van der Waals surface area contributed by atoms with Gasteiger partial charge in [0, 0.05) is 28.7 Å². The smallest absolute Gasteiger partial charge is 0.303 e. The van der Waals surface area contributed by atoms with Crippen molar-refractivity contribution in [2.24, 2.45) is 0 Å². The van der Waals surface area contributed by atoms with E-state index in [9.17, 15) is 19.5 Å². The van der Waals surface area contributed by atoms with Crippen LogP contribution in [0.3, 0.4) is 0 Å². The fraction of sp³-hybridized carbons (Fsp3) is 0.562. The standard InChI is InChI=1S/C16H22O5/c1-9-10(2)15(20)12(11(3)14(9)19)5-7-16(4,21)8-6-13(17)18/h21H,5-8H2,1-4H3,(H,17,18)/t16-/m0/s1. The summed E-state index contributed by atoms with van der Waals surface area (Å²) in [5.41, 5.74) is 0.611. The molecule has 0 heterocycles. The van der Waals surface area contributed by atoms with E-state index in [1.165, 1.54) is 0 Å². The van der Waals surface area contributed by atoms with Crippen molar-refractivity contribution in [2.45, 2.75) is 59.0 Å². The van der Waals surface area contributed by atoms with E-state index in [4.69, 9.17) is 5.11 Å². The molecule has 1 aliphatic carbocycles. The molecule has 0 spiro atoms. The molecule has 0 unspecified atom stereocenters. The molecule has 1 atom stereocenters. The number of carbonyl (C=O) groups is 3. The van der Waals surface area contributed by atoms with Crippen molar-refractivity contribution in [3.63, 3.8) is 0 Å². The lowest BCUT2D eigenvalue weighted by Gasteiger charge is -2.25. The lowest BCUT2D eigenvalue weighted by atomic mass is 9.82. The SMILES string of the molecule is CC1=C(C)C(=O)C(CC[C@](C)(O)CCC(=O)O)=C(C)C1=O. The Balaban J connectivity index is 2.81. The summed E-state index contributed by atoms with van der Waals surface area (Å²) < 4.78 is 0. The summed E-state index contributed by atoms with van der Waals surface area (Å²) in [5, 5.41) is 18.8. The van der Waals surface area contributed by atoms with Gasteiger partial charge < -0.3 is 10.2 Å². The molecule has 1 aliphatic rings. The Morgan fingerprint density at radius 1 is 1.00 bits per heavy atom. The van der Waals surface area contributed by atoms with Crippen molar-refractivity contribution in [1.82, 2.24) is 0 Å².